The average molecular weight is 221 g/mol. The first-order valence-corrected chi connectivity index (χ1v) is 5.69. The molecule has 88 valence electrons. The van der Waals surface area contributed by atoms with Crippen molar-refractivity contribution in [2.45, 2.75) is 25.9 Å². The average Bonchev–Trinajstić information content (AvgIpc) is 2.81. The molecule has 2 heterocycles. The van der Waals surface area contributed by atoms with Gasteiger partial charge in [-0.2, -0.15) is 0 Å². The van der Waals surface area contributed by atoms with Gasteiger partial charge in [-0.05, 0) is 19.4 Å². The summed E-state index contributed by atoms with van der Waals surface area (Å²) in [6, 6.07) is 4.49. The molecule has 0 spiro atoms. The molecule has 0 aliphatic carbocycles. The van der Waals surface area contributed by atoms with Gasteiger partial charge in [-0.25, -0.2) is 4.98 Å². The molecule has 1 aromatic rings. The van der Waals surface area contributed by atoms with Gasteiger partial charge in [-0.3, -0.25) is 0 Å². The molecule has 0 radical (unpaired) electrons. The number of ether oxygens (including phenoxy) is 1. The molecule has 1 atom stereocenters. The first kappa shape index (κ1) is 11.4. The topological polar surface area (TPSA) is 51.4 Å². The molecular weight excluding hydrogens is 202 g/mol. The highest BCUT2D eigenvalue weighted by Gasteiger charge is 2.22. The third-order valence-corrected chi connectivity index (χ3v) is 3.10. The SMILES string of the molecule is Cc1ccc(CN)c(N(C)C2CCOC2)n1. The molecule has 2 rings (SSSR count). The fraction of sp³-hybridized carbons (Fsp3) is 0.583. The Morgan fingerprint density at radius 1 is 1.56 bits per heavy atom. The first-order chi connectivity index (χ1) is 7.72. The van der Waals surface area contributed by atoms with Crippen LogP contribution in [-0.4, -0.2) is 31.3 Å². The van der Waals surface area contributed by atoms with E-state index in [1.165, 1.54) is 0 Å². The van der Waals surface area contributed by atoms with Crippen LogP contribution in [0.3, 0.4) is 0 Å². The van der Waals surface area contributed by atoms with E-state index in [-0.39, 0.29) is 0 Å². The second-order valence-corrected chi connectivity index (χ2v) is 4.27. The van der Waals surface area contributed by atoms with Gasteiger partial charge in [0.25, 0.3) is 0 Å². The van der Waals surface area contributed by atoms with Crippen LogP contribution in [0.4, 0.5) is 5.82 Å². The maximum absolute atomic E-state index is 5.74. The molecule has 0 aromatic carbocycles. The van der Waals surface area contributed by atoms with Crippen LogP contribution in [0, 0.1) is 6.92 Å². The van der Waals surface area contributed by atoms with Gasteiger partial charge in [0.1, 0.15) is 5.82 Å². The van der Waals surface area contributed by atoms with Crippen molar-refractivity contribution in [2.24, 2.45) is 5.73 Å². The molecule has 4 heteroatoms. The molecular formula is C12H19N3O. The Morgan fingerprint density at radius 2 is 2.38 bits per heavy atom. The predicted molar refractivity (Wildman–Crippen MR) is 64.5 cm³/mol. The monoisotopic (exact) mass is 221 g/mol. The number of aromatic nitrogens is 1. The van der Waals surface area contributed by atoms with Crippen molar-refractivity contribution in [1.82, 2.24) is 4.98 Å². The molecule has 4 nitrogen and oxygen atoms in total. The Balaban J connectivity index is 2.26. The lowest BCUT2D eigenvalue weighted by atomic mass is 10.1. The summed E-state index contributed by atoms with van der Waals surface area (Å²) in [4.78, 5) is 6.78. The number of rotatable bonds is 3. The zero-order valence-corrected chi connectivity index (χ0v) is 9.94. The highest BCUT2D eigenvalue weighted by Crippen LogP contribution is 2.22. The molecule has 1 saturated heterocycles. The lowest BCUT2D eigenvalue weighted by Crippen LogP contribution is -2.33. The largest absolute Gasteiger partial charge is 0.379 e. The lowest BCUT2D eigenvalue weighted by Gasteiger charge is -2.26. The van der Waals surface area contributed by atoms with E-state index < -0.39 is 0 Å². The maximum atomic E-state index is 5.74. The molecule has 16 heavy (non-hydrogen) atoms. The molecule has 1 aliphatic rings. The summed E-state index contributed by atoms with van der Waals surface area (Å²) < 4.78 is 5.40. The number of anilines is 1. The Kier molecular flexibility index (Phi) is 3.41. The van der Waals surface area contributed by atoms with Crippen molar-refractivity contribution in [2.75, 3.05) is 25.2 Å². The van der Waals surface area contributed by atoms with Gasteiger partial charge in [0, 0.05) is 31.5 Å². The van der Waals surface area contributed by atoms with Crippen LogP contribution in [0.25, 0.3) is 0 Å². The van der Waals surface area contributed by atoms with Crippen LogP contribution in [0.15, 0.2) is 12.1 Å². The maximum Gasteiger partial charge on any atom is 0.133 e. The number of nitrogens with two attached hydrogens (primary N) is 1. The van der Waals surface area contributed by atoms with Crippen molar-refractivity contribution in [3.63, 3.8) is 0 Å². The minimum absolute atomic E-state index is 0.430. The summed E-state index contributed by atoms with van der Waals surface area (Å²) in [5.41, 5.74) is 7.86. The van der Waals surface area contributed by atoms with Crippen molar-refractivity contribution in [3.05, 3.63) is 23.4 Å². The second kappa shape index (κ2) is 4.80. The van der Waals surface area contributed by atoms with E-state index in [2.05, 4.69) is 23.0 Å². The van der Waals surface area contributed by atoms with Crippen LogP contribution in [0.1, 0.15) is 17.7 Å². The third kappa shape index (κ3) is 2.18. The standard InChI is InChI=1S/C12H19N3O/c1-9-3-4-10(7-13)12(14-9)15(2)11-5-6-16-8-11/h3-4,11H,5-8,13H2,1-2H3. The second-order valence-electron chi connectivity index (χ2n) is 4.27. The Bertz CT molecular complexity index is 361. The van der Waals surface area contributed by atoms with Crippen LogP contribution in [0.2, 0.25) is 0 Å². The van der Waals surface area contributed by atoms with E-state index in [0.29, 0.717) is 12.6 Å². The number of hydrogen-bond donors (Lipinski definition) is 1. The molecule has 2 N–H and O–H groups in total. The first-order valence-electron chi connectivity index (χ1n) is 5.69. The lowest BCUT2D eigenvalue weighted by molar-refractivity contribution is 0.193. The van der Waals surface area contributed by atoms with E-state index in [4.69, 9.17) is 10.5 Å². The van der Waals surface area contributed by atoms with Crippen LogP contribution in [0.5, 0.6) is 0 Å². The summed E-state index contributed by atoms with van der Waals surface area (Å²) in [5.74, 6) is 0.998. The molecule has 0 saturated carbocycles. The number of pyridine rings is 1. The highest BCUT2D eigenvalue weighted by atomic mass is 16.5. The Labute approximate surface area is 96.4 Å². The minimum Gasteiger partial charge on any atom is -0.379 e. The van der Waals surface area contributed by atoms with Crippen LogP contribution >= 0.6 is 0 Å². The van der Waals surface area contributed by atoms with Crippen LogP contribution in [-0.2, 0) is 11.3 Å². The fourth-order valence-electron chi connectivity index (χ4n) is 2.04. The van der Waals surface area contributed by atoms with Gasteiger partial charge in [-0.15, -0.1) is 0 Å². The van der Waals surface area contributed by atoms with Crippen molar-refractivity contribution >= 4 is 5.82 Å². The normalized spacial score (nSPS) is 20.1. The number of nitrogens with zero attached hydrogens (tertiary/aromatic N) is 2. The third-order valence-electron chi connectivity index (χ3n) is 3.10. The van der Waals surface area contributed by atoms with Crippen molar-refractivity contribution in [1.29, 1.82) is 0 Å². The van der Waals surface area contributed by atoms with Crippen molar-refractivity contribution in [3.8, 4) is 0 Å². The van der Waals surface area contributed by atoms with Gasteiger partial charge in [0.05, 0.1) is 12.6 Å². The zero-order chi connectivity index (χ0) is 11.5. The van der Waals surface area contributed by atoms with Gasteiger partial charge < -0.3 is 15.4 Å². The molecule has 1 aromatic heterocycles. The van der Waals surface area contributed by atoms with Gasteiger partial charge in [0.2, 0.25) is 0 Å². The molecule has 0 bridgehead atoms. The van der Waals surface area contributed by atoms with Crippen molar-refractivity contribution < 1.29 is 4.74 Å². The zero-order valence-electron chi connectivity index (χ0n) is 9.94. The van der Waals surface area contributed by atoms with E-state index in [1.54, 1.807) is 0 Å². The van der Waals surface area contributed by atoms with E-state index in [1.807, 2.05) is 13.0 Å². The Hall–Kier alpha value is -1.13. The van der Waals surface area contributed by atoms with Gasteiger partial charge in [0.15, 0.2) is 0 Å². The predicted octanol–water partition coefficient (Wildman–Crippen LogP) is 1.07. The fourth-order valence-corrected chi connectivity index (χ4v) is 2.04. The molecule has 1 aliphatic heterocycles. The summed E-state index contributed by atoms with van der Waals surface area (Å²) in [7, 11) is 2.07. The Morgan fingerprint density at radius 3 is 3.00 bits per heavy atom. The summed E-state index contributed by atoms with van der Waals surface area (Å²) in [6.07, 6.45) is 1.07. The summed E-state index contributed by atoms with van der Waals surface area (Å²) in [5, 5.41) is 0. The van der Waals surface area contributed by atoms with Crippen LogP contribution < -0.4 is 10.6 Å². The minimum atomic E-state index is 0.430. The summed E-state index contributed by atoms with van der Waals surface area (Å²) in [6.45, 7) is 4.16. The number of likely N-dealkylation sites (N-methyl/N-ethyl adjacent to an activating group) is 1. The van der Waals surface area contributed by atoms with E-state index in [9.17, 15) is 0 Å². The van der Waals surface area contributed by atoms with E-state index >= 15 is 0 Å². The van der Waals surface area contributed by atoms with Gasteiger partial charge in [-0.1, -0.05) is 6.07 Å². The highest BCUT2D eigenvalue weighted by molar-refractivity contribution is 5.48. The molecule has 0 amide bonds. The number of aryl methyl sites for hydroxylation is 1. The van der Waals surface area contributed by atoms with E-state index in [0.717, 1.165) is 36.7 Å². The quantitative estimate of drug-likeness (QED) is 0.829. The summed E-state index contributed by atoms with van der Waals surface area (Å²) >= 11 is 0. The molecule has 1 fully saturated rings. The molecule has 1 unspecified atom stereocenters. The number of hydrogen-bond acceptors (Lipinski definition) is 4. The van der Waals surface area contributed by atoms with Gasteiger partial charge >= 0.3 is 0 Å². The smallest absolute Gasteiger partial charge is 0.133 e.